The lowest BCUT2D eigenvalue weighted by molar-refractivity contribution is -0.137. The average Bonchev–Trinajstić information content (AvgIpc) is 3.12. The summed E-state index contributed by atoms with van der Waals surface area (Å²) in [6.45, 7) is 3.57. The summed E-state index contributed by atoms with van der Waals surface area (Å²) in [5.41, 5.74) is 0.620. The maximum Gasteiger partial charge on any atom is 0.416 e. The molecule has 2 amide bonds. The van der Waals surface area contributed by atoms with Gasteiger partial charge in [-0.05, 0) is 38.0 Å². The molecule has 35 heavy (non-hydrogen) atoms. The van der Waals surface area contributed by atoms with Gasteiger partial charge in [0, 0.05) is 25.1 Å². The van der Waals surface area contributed by atoms with Crippen molar-refractivity contribution in [2.45, 2.75) is 57.5 Å². The van der Waals surface area contributed by atoms with E-state index in [1.54, 1.807) is 31.0 Å². The lowest BCUT2D eigenvalue weighted by Crippen LogP contribution is -2.37. The Morgan fingerprint density at radius 1 is 1.20 bits per heavy atom. The standard InChI is InChI=1S/C24H24F3N3O5/c1-12(2)34-19-6-14(24(25,26)27)5-18-22(19)23(32)30-10-16(7-15(30)11-33-18)35-21-8-17-13(9-28-21)3-4-20(31)29-17/h5-6,8-9,12,15-16H,3-4,7,10-11H2,1-2H3,(H,29,31)/t15-,16+/m1/s1. The molecule has 0 spiro atoms. The van der Waals surface area contributed by atoms with E-state index >= 15 is 0 Å². The molecule has 11 heteroatoms. The molecule has 2 atom stereocenters. The first-order valence-electron chi connectivity index (χ1n) is 11.4. The van der Waals surface area contributed by atoms with Gasteiger partial charge in [0.2, 0.25) is 11.8 Å². The number of carbonyl (C=O) groups is 2. The summed E-state index contributed by atoms with van der Waals surface area (Å²) in [5, 5.41) is 2.80. The predicted molar refractivity (Wildman–Crippen MR) is 118 cm³/mol. The Labute approximate surface area is 199 Å². The van der Waals surface area contributed by atoms with Crippen LogP contribution < -0.4 is 19.5 Å². The van der Waals surface area contributed by atoms with Crippen LogP contribution in [-0.4, -0.2) is 53.1 Å². The third-order valence-electron chi connectivity index (χ3n) is 6.18. The molecule has 1 aromatic heterocycles. The molecule has 0 unspecified atom stereocenters. The van der Waals surface area contributed by atoms with E-state index in [1.807, 2.05) is 0 Å². The molecule has 4 heterocycles. The van der Waals surface area contributed by atoms with E-state index in [9.17, 15) is 22.8 Å². The number of alkyl halides is 3. The number of aryl methyl sites for hydroxylation is 1. The molecule has 1 fully saturated rings. The highest BCUT2D eigenvalue weighted by Crippen LogP contribution is 2.42. The molecule has 3 aliphatic heterocycles. The molecule has 1 N–H and O–H groups in total. The zero-order valence-electron chi connectivity index (χ0n) is 19.1. The molecule has 1 aromatic carbocycles. The van der Waals surface area contributed by atoms with Crippen LogP contribution in [0, 0.1) is 0 Å². The summed E-state index contributed by atoms with van der Waals surface area (Å²) < 4.78 is 57.6. The minimum Gasteiger partial charge on any atom is -0.490 e. The van der Waals surface area contributed by atoms with Crippen molar-refractivity contribution in [3.63, 3.8) is 0 Å². The number of benzene rings is 1. The number of nitrogens with one attached hydrogen (secondary N) is 1. The van der Waals surface area contributed by atoms with Crippen LogP contribution in [0.3, 0.4) is 0 Å². The van der Waals surface area contributed by atoms with Crippen LogP contribution in [0.15, 0.2) is 24.4 Å². The van der Waals surface area contributed by atoms with Gasteiger partial charge in [0.15, 0.2) is 0 Å². The van der Waals surface area contributed by atoms with E-state index in [4.69, 9.17) is 14.2 Å². The Hall–Kier alpha value is -3.50. The SMILES string of the molecule is CC(C)Oc1cc(C(F)(F)F)cc2c1C(=O)N1C[C@@H](Oc3cc4c(cn3)CCC(=O)N4)C[C@@H]1CO2. The van der Waals surface area contributed by atoms with Gasteiger partial charge in [-0.25, -0.2) is 4.98 Å². The molecule has 3 aliphatic rings. The van der Waals surface area contributed by atoms with Crippen LogP contribution >= 0.6 is 0 Å². The highest BCUT2D eigenvalue weighted by molar-refractivity contribution is 6.00. The van der Waals surface area contributed by atoms with E-state index in [0.717, 1.165) is 17.7 Å². The van der Waals surface area contributed by atoms with Crippen LogP contribution in [-0.2, 0) is 17.4 Å². The molecule has 186 valence electrons. The van der Waals surface area contributed by atoms with Crippen molar-refractivity contribution >= 4 is 17.5 Å². The van der Waals surface area contributed by atoms with Crippen molar-refractivity contribution < 1.29 is 37.0 Å². The number of nitrogens with zero attached hydrogens (tertiary/aromatic N) is 2. The summed E-state index contributed by atoms with van der Waals surface area (Å²) in [6.07, 6.45) is -2.37. The van der Waals surface area contributed by atoms with Gasteiger partial charge >= 0.3 is 6.18 Å². The van der Waals surface area contributed by atoms with E-state index in [0.29, 0.717) is 30.8 Å². The minimum absolute atomic E-state index is 0.0225. The summed E-state index contributed by atoms with van der Waals surface area (Å²) in [4.78, 5) is 31.0. The van der Waals surface area contributed by atoms with Crippen molar-refractivity contribution in [3.8, 4) is 17.4 Å². The predicted octanol–water partition coefficient (Wildman–Crippen LogP) is 3.83. The molecular weight excluding hydrogens is 467 g/mol. The smallest absolute Gasteiger partial charge is 0.416 e. The molecule has 0 aliphatic carbocycles. The lowest BCUT2D eigenvalue weighted by atomic mass is 10.1. The van der Waals surface area contributed by atoms with Gasteiger partial charge in [0.25, 0.3) is 5.91 Å². The monoisotopic (exact) mass is 491 g/mol. The molecule has 5 rings (SSSR count). The van der Waals surface area contributed by atoms with E-state index < -0.39 is 35.9 Å². The van der Waals surface area contributed by atoms with E-state index in [-0.39, 0.29) is 36.1 Å². The first-order chi connectivity index (χ1) is 16.6. The Kier molecular flexibility index (Phi) is 5.72. The topological polar surface area (TPSA) is 90.0 Å². The molecular formula is C24H24F3N3O5. The van der Waals surface area contributed by atoms with Crippen molar-refractivity contribution in [3.05, 3.63) is 41.1 Å². The van der Waals surface area contributed by atoms with Crippen LogP contribution in [0.25, 0.3) is 0 Å². The van der Waals surface area contributed by atoms with Crippen LogP contribution in [0.2, 0.25) is 0 Å². The number of halogens is 3. The second-order valence-electron chi connectivity index (χ2n) is 9.14. The number of pyridine rings is 1. The van der Waals surface area contributed by atoms with Crippen molar-refractivity contribution in [1.29, 1.82) is 0 Å². The maximum atomic E-state index is 13.5. The zero-order chi connectivity index (χ0) is 24.9. The van der Waals surface area contributed by atoms with Gasteiger partial charge in [-0.2, -0.15) is 13.2 Å². The van der Waals surface area contributed by atoms with Gasteiger partial charge in [-0.3, -0.25) is 9.59 Å². The first kappa shape index (κ1) is 23.3. The first-order valence-corrected chi connectivity index (χ1v) is 11.4. The average molecular weight is 491 g/mol. The number of anilines is 1. The summed E-state index contributed by atoms with van der Waals surface area (Å²) >= 11 is 0. The Balaban J connectivity index is 1.39. The maximum absolute atomic E-state index is 13.5. The highest BCUT2D eigenvalue weighted by atomic mass is 19.4. The molecule has 0 saturated carbocycles. The van der Waals surface area contributed by atoms with Crippen LogP contribution in [0.5, 0.6) is 17.4 Å². The third-order valence-corrected chi connectivity index (χ3v) is 6.18. The number of rotatable bonds is 4. The van der Waals surface area contributed by atoms with Gasteiger partial charge in [-0.1, -0.05) is 0 Å². The highest BCUT2D eigenvalue weighted by Gasteiger charge is 2.43. The molecule has 1 saturated heterocycles. The van der Waals surface area contributed by atoms with Gasteiger partial charge in [-0.15, -0.1) is 0 Å². The third kappa shape index (κ3) is 4.59. The van der Waals surface area contributed by atoms with E-state index in [2.05, 4.69) is 10.3 Å². The number of fused-ring (bicyclic) bond motifs is 3. The summed E-state index contributed by atoms with van der Waals surface area (Å²) in [6, 6.07) is 2.97. The van der Waals surface area contributed by atoms with Crippen molar-refractivity contribution in [2.75, 3.05) is 18.5 Å². The number of carbonyl (C=O) groups excluding carboxylic acids is 2. The quantitative estimate of drug-likeness (QED) is 0.700. The number of aromatic nitrogens is 1. The zero-order valence-corrected chi connectivity index (χ0v) is 19.1. The fourth-order valence-corrected chi connectivity index (χ4v) is 4.60. The second kappa shape index (κ2) is 8.62. The fourth-order valence-electron chi connectivity index (χ4n) is 4.60. The van der Waals surface area contributed by atoms with Crippen molar-refractivity contribution in [1.82, 2.24) is 9.88 Å². The molecule has 2 aromatic rings. The molecule has 8 nitrogen and oxygen atoms in total. The Morgan fingerprint density at radius 2 is 2.00 bits per heavy atom. The van der Waals surface area contributed by atoms with Gasteiger partial charge in [0.05, 0.1) is 29.9 Å². The van der Waals surface area contributed by atoms with Gasteiger partial charge < -0.3 is 24.4 Å². The summed E-state index contributed by atoms with van der Waals surface area (Å²) in [7, 11) is 0. The Bertz CT molecular complexity index is 1180. The van der Waals surface area contributed by atoms with E-state index in [1.165, 1.54) is 0 Å². The minimum atomic E-state index is -4.61. The lowest BCUT2D eigenvalue weighted by Gasteiger charge is -2.22. The molecule has 0 bridgehead atoms. The van der Waals surface area contributed by atoms with Crippen LogP contribution in [0.1, 0.15) is 48.2 Å². The fraction of sp³-hybridized carbons (Fsp3) is 0.458. The molecule has 0 radical (unpaired) electrons. The van der Waals surface area contributed by atoms with Crippen molar-refractivity contribution in [2.24, 2.45) is 0 Å². The van der Waals surface area contributed by atoms with Crippen LogP contribution in [0.4, 0.5) is 18.9 Å². The largest absolute Gasteiger partial charge is 0.490 e. The Morgan fingerprint density at radius 3 is 2.74 bits per heavy atom. The number of hydrogen-bond acceptors (Lipinski definition) is 6. The van der Waals surface area contributed by atoms with Gasteiger partial charge in [0.1, 0.15) is 29.8 Å². The number of ether oxygens (including phenoxy) is 3. The number of amides is 2. The summed E-state index contributed by atoms with van der Waals surface area (Å²) in [5.74, 6) is -0.519. The normalized spacial score (nSPS) is 21.5. The second-order valence-corrected chi connectivity index (χ2v) is 9.14. The number of hydrogen-bond donors (Lipinski definition) is 1.